The van der Waals surface area contributed by atoms with Gasteiger partial charge in [0.25, 0.3) is 5.24 Å². The van der Waals surface area contributed by atoms with Crippen LogP contribution in [0.2, 0.25) is 0 Å². The number of hydrogen-bond acceptors (Lipinski definition) is 3. The van der Waals surface area contributed by atoms with Crippen LogP contribution in [0, 0.1) is 5.41 Å². The summed E-state index contributed by atoms with van der Waals surface area (Å²) in [5, 5.41) is -1.32. The lowest BCUT2D eigenvalue weighted by Gasteiger charge is -2.39. The maximum Gasteiger partial charge on any atom is 0.303 e. The van der Waals surface area contributed by atoms with Gasteiger partial charge in [-0.3, -0.25) is 22.8 Å². The molecule has 0 aromatic carbocycles. The van der Waals surface area contributed by atoms with E-state index in [0.717, 1.165) is 13.8 Å². The van der Waals surface area contributed by atoms with Gasteiger partial charge in [0.1, 0.15) is 25.4 Å². The summed E-state index contributed by atoms with van der Waals surface area (Å²) in [4.78, 5) is 21.9. The predicted octanol–water partition coefficient (Wildman–Crippen LogP) is 1.97. The van der Waals surface area contributed by atoms with Gasteiger partial charge < -0.3 is 4.74 Å². The summed E-state index contributed by atoms with van der Waals surface area (Å²) in [6, 6.07) is 0. The standard InChI is InChI=1S/C9H12ClF3O3/c1-6(14)16-8(2,7(10)15)9(3-11,4-12)5-13/h3-5H2,1-2H3. The molecule has 1 unspecified atom stereocenters. The van der Waals surface area contributed by atoms with Gasteiger partial charge >= 0.3 is 5.97 Å². The molecule has 0 bridgehead atoms. The molecule has 94 valence electrons. The fraction of sp³-hybridized carbons (Fsp3) is 0.778. The number of ether oxygens (including phenoxy) is 1. The van der Waals surface area contributed by atoms with Crippen LogP contribution in [0.15, 0.2) is 0 Å². The molecule has 0 heterocycles. The van der Waals surface area contributed by atoms with Crippen LogP contribution in [0.25, 0.3) is 0 Å². The lowest BCUT2D eigenvalue weighted by Crippen LogP contribution is -2.57. The van der Waals surface area contributed by atoms with E-state index in [1.54, 1.807) is 0 Å². The van der Waals surface area contributed by atoms with Crippen LogP contribution in [0.5, 0.6) is 0 Å². The van der Waals surface area contributed by atoms with Crippen molar-refractivity contribution in [2.45, 2.75) is 19.4 Å². The lowest BCUT2D eigenvalue weighted by atomic mass is 9.76. The number of alkyl halides is 3. The summed E-state index contributed by atoms with van der Waals surface area (Å²) in [7, 11) is 0. The molecular weight excluding hydrogens is 249 g/mol. The zero-order valence-electron chi connectivity index (χ0n) is 8.86. The summed E-state index contributed by atoms with van der Waals surface area (Å²) in [6.07, 6.45) is 0. The minimum absolute atomic E-state index is 0.891. The zero-order chi connectivity index (χ0) is 13.0. The van der Waals surface area contributed by atoms with Crippen LogP contribution in [-0.4, -0.2) is 36.8 Å². The Morgan fingerprint density at radius 2 is 1.56 bits per heavy atom. The van der Waals surface area contributed by atoms with Crippen molar-refractivity contribution in [2.24, 2.45) is 5.41 Å². The van der Waals surface area contributed by atoms with Crippen molar-refractivity contribution < 1.29 is 27.5 Å². The number of carbonyl (C=O) groups excluding carboxylic acids is 2. The van der Waals surface area contributed by atoms with Crippen LogP contribution in [0.3, 0.4) is 0 Å². The Morgan fingerprint density at radius 3 is 1.75 bits per heavy atom. The molecule has 1 atom stereocenters. The molecule has 0 saturated carbocycles. The molecule has 0 amide bonds. The molecular formula is C9H12ClF3O3. The molecule has 3 nitrogen and oxygen atoms in total. The first-order valence-electron chi connectivity index (χ1n) is 4.37. The quantitative estimate of drug-likeness (QED) is 0.542. The Hall–Kier alpha value is -0.780. The first-order chi connectivity index (χ1) is 7.29. The molecule has 0 aliphatic carbocycles. The van der Waals surface area contributed by atoms with Crippen LogP contribution < -0.4 is 0 Å². The van der Waals surface area contributed by atoms with Gasteiger partial charge in [-0.05, 0) is 18.5 Å². The summed E-state index contributed by atoms with van der Waals surface area (Å²) < 4.78 is 42.7. The average molecular weight is 261 g/mol. The molecule has 0 saturated heterocycles. The molecule has 0 aliphatic rings. The average Bonchev–Trinajstić information content (AvgIpc) is 2.19. The maximum absolute atomic E-state index is 12.7. The molecule has 0 spiro atoms. The summed E-state index contributed by atoms with van der Waals surface area (Å²) in [6.45, 7) is -2.72. The molecule has 0 aromatic heterocycles. The third kappa shape index (κ3) is 2.48. The molecule has 0 N–H and O–H groups in total. The number of rotatable bonds is 6. The first-order valence-corrected chi connectivity index (χ1v) is 4.75. The van der Waals surface area contributed by atoms with Gasteiger partial charge in [0.15, 0.2) is 5.60 Å². The summed E-state index contributed by atoms with van der Waals surface area (Å²) >= 11 is 5.13. The highest BCUT2D eigenvalue weighted by atomic mass is 35.5. The second-order valence-corrected chi connectivity index (χ2v) is 3.93. The molecule has 0 rings (SSSR count). The highest BCUT2D eigenvalue weighted by molar-refractivity contribution is 6.65. The van der Waals surface area contributed by atoms with Crippen LogP contribution in [0.4, 0.5) is 13.2 Å². The largest absolute Gasteiger partial charge is 0.449 e. The van der Waals surface area contributed by atoms with E-state index in [-0.39, 0.29) is 0 Å². The van der Waals surface area contributed by atoms with Gasteiger partial charge in [0.2, 0.25) is 0 Å². The molecule has 0 aliphatic heterocycles. The summed E-state index contributed by atoms with van der Waals surface area (Å²) in [5.41, 5.74) is -4.75. The third-order valence-corrected chi connectivity index (χ3v) is 2.86. The fourth-order valence-electron chi connectivity index (χ4n) is 1.13. The van der Waals surface area contributed by atoms with E-state index in [9.17, 15) is 22.8 Å². The van der Waals surface area contributed by atoms with E-state index >= 15 is 0 Å². The van der Waals surface area contributed by atoms with E-state index in [2.05, 4.69) is 4.74 Å². The highest BCUT2D eigenvalue weighted by Crippen LogP contribution is 2.38. The van der Waals surface area contributed by atoms with Gasteiger partial charge in [-0.1, -0.05) is 0 Å². The van der Waals surface area contributed by atoms with Crippen molar-refractivity contribution in [3.05, 3.63) is 0 Å². The fourth-order valence-corrected chi connectivity index (χ4v) is 1.37. The monoisotopic (exact) mass is 260 g/mol. The van der Waals surface area contributed by atoms with E-state index < -0.39 is 42.3 Å². The van der Waals surface area contributed by atoms with E-state index in [0.29, 0.717) is 0 Å². The summed E-state index contributed by atoms with van der Waals surface area (Å²) in [5.74, 6) is -0.976. The molecule has 0 fully saturated rings. The molecule has 0 radical (unpaired) electrons. The maximum atomic E-state index is 12.7. The normalized spacial score (nSPS) is 15.4. The van der Waals surface area contributed by atoms with E-state index in [1.807, 2.05) is 0 Å². The number of esters is 1. The van der Waals surface area contributed by atoms with Gasteiger partial charge in [0.05, 0.1) is 0 Å². The first kappa shape index (κ1) is 15.2. The Kier molecular flexibility index (Phi) is 5.25. The number of carbonyl (C=O) groups is 2. The van der Waals surface area contributed by atoms with Crippen molar-refractivity contribution in [2.75, 3.05) is 20.0 Å². The van der Waals surface area contributed by atoms with E-state index in [4.69, 9.17) is 11.6 Å². The molecule has 0 aromatic rings. The zero-order valence-corrected chi connectivity index (χ0v) is 9.61. The number of halogens is 4. The second-order valence-electron chi connectivity index (χ2n) is 3.58. The number of hydrogen-bond donors (Lipinski definition) is 0. The van der Waals surface area contributed by atoms with Gasteiger partial charge in [-0.2, -0.15) is 0 Å². The highest BCUT2D eigenvalue weighted by Gasteiger charge is 2.56. The van der Waals surface area contributed by atoms with Gasteiger partial charge in [-0.15, -0.1) is 0 Å². The van der Waals surface area contributed by atoms with Crippen molar-refractivity contribution in [1.82, 2.24) is 0 Å². The minimum atomic E-state index is -2.39. The van der Waals surface area contributed by atoms with Crippen molar-refractivity contribution in [3.63, 3.8) is 0 Å². The van der Waals surface area contributed by atoms with E-state index in [1.165, 1.54) is 0 Å². The van der Waals surface area contributed by atoms with Gasteiger partial charge in [0, 0.05) is 6.92 Å². The Bertz CT molecular complexity index is 273. The van der Waals surface area contributed by atoms with Crippen LogP contribution in [-0.2, 0) is 14.3 Å². The van der Waals surface area contributed by atoms with Crippen molar-refractivity contribution in [1.29, 1.82) is 0 Å². The Balaban J connectivity index is 5.45. The molecule has 7 heteroatoms. The van der Waals surface area contributed by atoms with Crippen LogP contribution in [0.1, 0.15) is 13.8 Å². The third-order valence-electron chi connectivity index (χ3n) is 2.50. The Morgan fingerprint density at radius 1 is 1.19 bits per heavy atom. The molecule has 16 heavy (non-hydrogen) atoms. The smallest absolute Gasteiger partial charge is 0.303 e. The van der Waals surface area contributed by atoms with Crippen molar-refractivity contribution in [3.8, 4) is 0 Å². The lowest BCUT2D eigenvalue weighted by molar-refractivity contribution is -0.181. The second kappa shape index (κ2) is 5.52. The minimum Gasteiger partial charge on any atom is -0.449 e. The van der Waals surface area contributed by atoms with Gasteiger partial charge in [-0.25, -0.2) is 0 Å². The van der Waals surface area contributed by atoms with Crippen molar-refractivity contribution >= 4 is 22.8 Å². The topological polar surface area (TPSA) is 43.4 Å². The Labute approximate surface area is 95.9 Å². The predicted molar refractivity (Wildman–Crippen MR) is 51.4 cm³/mol. The van der Waals surface area contributed by atoms with Crippen LogP contribution >= 0.6 is 11.6 Å². The SMILES string of the molecule is CC(=O)OC(C)(C(=O)Cl)C(CF)(CF)CF.